The van der Waals surface area contributed by atoms with Gasteiger partial charge in [-0.1, -0.05) is 26.8 Å². The molecule has 0 unspecified atom stereocenters. The maximum Gasteiger partial charge on any atom is 0.252 e. The number of carbonyl (C=O) groups is 2. The highest BCUT2D eigenvalue weighted by atomic mass is 19.1. The first-order chi connectivity index (χ1) is 13.1. The lowest BCUT2D eigenvalue weighted by molar-refractivity contribution is 0.0936. The molecular formula is C22H26FN3O2. The second-order valence-electron chi connectivity index (χ2n) is 7.80. The van der Waals surface area contributed by atoms with Crippen LogP contribution in [0.3, 0.4) is 0 Å². The highest BCUT2D eigenvalue weighted by molar-refractivity contribution is 5.96. The van der Waals surface area contributed by atoms with Gasteiger partial charge in [0.1, 0.15) is 5.82 Å². The van der Waals surface area contributed by atoms with E-state index < -0.39 is 11.7 Å². The average Bonchev–Trinajstić information content (AvgIpc) is 2.65. The maximum atomic E-state index is 14.3. The Balaban J connectivity index is 2.27. The van der Waals surface area contributed by atoms with Gasteiger partial charge < -0.3 is 10.6 Å². The Labute approximate surface area is 165 Å². The van der Waals surface area contributed by atoms with Gasteiger partial charge in [0.15, 0.2) is 0 Å². The van der Waals surface area contributed by atoms with Crippen molar-refractivity contribution in [3.63, 3.8) is 0 Å². The van der Waals surface area contributed by atoms with Crippen molar-refractivity contribution in [1.29, 1.82) is 0 Å². The molecule has 0 spiro atoms. The van der Waals surface area contributed by atoms with Crippen LogP contribution in [-0.4, -0.2) is 29.9 Å². The van der Waals surface area contributed by atoms with Crippen LogP contribution in [0, 0.1) is 18.2 Å². The van der Waals surface area contributed by atoms with Gasteiger partial charge in [-0.05, 0) is 42.2 Å². The van der Waals surface area contributed by atoms with Crippen molar-refractivity contribution in [2.24, 2.45) is 5.41 Å². The van der Waals surface area contributed by atoms with Crippen molar-refractivity contribution in [1.82, 2.24) is 15.6 Å². The molecule has 5 nitrogen and oxygen atoms in total. The highest BCUT2D eigenvalue weighted by Crippen LogP contribution is 2.25. The third kappa shape index (κ3) is 5.49. The molecule has 28 heavy (non-hydrogen) atoms. The molecule has 1 aromatic carbocycles. The summed E-state index contributed by atoms with van der Waals surface area (Å²) in [6.45, 7) is 12.1. The number of amides is 2. The number of aromatic nitrogens is 1. The molecule has 0 saturated heterocycles. The Morgan fingerprint density at radius 1 is 1.14 bits per heavy atom. The predicted molar refractivity (Wildman–Crippen MR) is 109 cm³/mol. The Morgan fingerprint density at radius 3 is 2.39 bits per heavy atom. The number of benzene rings is 1. The topological polar surface area (TPSA) is 71.1 Å². The summed E-state index contributed by atoms with van der Waals surface area (Å²) in [6.07, 6.45) is 3.00. The van der Waals surface area contributed by atoms with E-state index in [2.05, 4.69) is 22.2 Å². The molecule has 0 fully saturated rings. The second kappa shape index (κ2) is 8.78. The van der Waals surface area contributed by atoms with Crippen molar-refractivity contribution >= 4 is 11.8 Å². The van der Waals surface area contributed by atoms with Crippen LogP contribution in [0.5, 0.6) is 0 Å². The lowest BCUT2D eigenvalue weighted by Crippen LogP contribution is -2.32. The molecule has 0 saturated carbocycles. The fraction of sp³-hybridized carbons (Fsp3) is 0.318. The van der Waals surface area contributed by atoms with Crippen LogP contribution in [0.15, 0.2) is 43.1 Å². The average molecular weight is 383 g/mol. The maximum absolute atomic E-state index is 14.3. The van der Waals surface area contributed by atoms with E-state index in [1.165, 1.54) is 12.3 Å². The van der Waals surface area contributed by atoms with E-state index >= 15 is 0 Å². The molecular weight excluding hydrogens is 357 g/mol. The molecule has 0 bridgehead atoms. The molecule has 0 atom stereocenters. The summed E-state index contributed by atoms with van der Waals surface area (Å²) in [7, 11) is 0. The van der Waals surface area contributed by atoms with Crippen molar-refractivity contribution in [3.8, 4) is 11.3 Å². The number of pyridine rings is 1. The van der Waals surface area contributed by atoms with Crippen LogP contribution in [-0.2, 0) is 0 Å². The summed E-state index contributed by atoms with van der Waals surface area (Å²) in [5.74, 6) is -1.09. The van der Waals surface area contributed by atoms with Crippen molar-refractivity contribution in [3.05, 3.63) is 65.6 Å². The van der Waals surface area contributed by atoms with Gasteiger partial charge in [0.05, 0.1) is 11.3 Å². The minimum Gasteiger partial charge on any atom is -0.351 e. The number of nitrogens with zero attached hydrogens (tertiary/aromatic N) is 1. The Hall–Kier alpha value is -3.02. The third-order valence-electron chi connectivity index (χ3n) is 4.09. The van der Waals surface area contributed by atoms with Crippen LogP contribution < -0.4 is 10.6 Å². The van der Waals surface area contributed by atoms with E-state index in [1.807, 2.05) is 20.8 Å². The first-order valence-corrected chi connectivity index (χ1v) is 9.06. The van der Waals surface area contributed by atoms with E-state index in [0.717, 1.165) is 0 Å². The van der Waals surface area contributed by atoms with Gasteiger partial charge in [-0.15, -0.1) is 6.58 Å². The van der Waals surface area contributed by atoms with E-state index in [1.54, 1.807) is 31.2 Å². The molecule has 148 valence electrons. The van der Waals surface area contributed by atoms with Crippen molar-refractivity contribution in [2.75, 3.05) is 13.1 Å². The summed E-state index contributed by atoms with van der Waals surface area (Å²) >= 11 is 0. The van der Waals surface area contributed by atoms with Crippen LogP contribution in [0.1, 0.15) is 47.1 Å². The number of hydrogen-bond acceptors (Lipinski definition) is 3. The van der Waals surface area contributed by atoms with Gasteiger partial charge in [-0.2, -0.15) is 0 Å². The van der Waals surface area contributed by atoms with Gasteiger partial charge in [0, 0.05) is 30.4 Å². The van der Waals surface area contributed by atoms with Crippen molar-refractivity contribution in [2.45, 2.75) is 27.7 Å². The minimum absolute atomic E-state index is 0.0235. The van der Waals surface area contributed by atoms with E-state index in [9.17, 15) is 14.0 Å². The summed E-state index contributed by atoms with van der Waals surface area (Å²) in [5.41, 5.74) is 1.98. The van der Waals surface area contributed by atoms with Gasteiger partial charge in [-0.3, -0.25) is 14.6 Å². The smallest absolute Gasteiger partial charge is 0.252 e. The summed E-state index contributed by atoms with van der Waals surface area (Å²) in [6, 6.07) is 6.09. The fourth-order valence-electron chi connectivity index (χ4n) is 2.48. The highest BCUT2D eigenvalue weighted by Gasteiger charge is 2.16. The number of halogens is 1. The fourth-order valence-corrected chi connectivity index (χ4v) is 2.48. The Bertz CT molecular complexity index is 884. The van der Waals surface area contributed by atoms with Crippen molar-refractivity contribution < 1.29 is 14.0 Å². The number of hydrogen-bond donors (Lipinski definition) is 2. The Kier molecular flexibility index (Phi) is 6.67. The predicted octanol–water partition coefficient (Wildman–Crippen LogP) is 3.89. The molecule has 1 heterocycles. The van der Waals surface area contributed by atoms with Crippen LogP contribution in [0.2, 0.25) is 0 Å². The summed E-state index contributed by atoms with van der Waals surface area (Å²) in [5, 5.41) is 5.49. The molecule has 0 radical (unpaired) electrons. The molecule has 2 N–H and O–H groups in total. The zero-order valence-corrected chi connectivity index (χ0v) is 16.7. The largest absolute Gasteiger partial charge is 0.351 e. The molecule has 1 aromatic heterocycles. The van der Waals surface area contributed by atoms with Gasteiger partial charge in [0.2, 0.25) is 0 Å². The van der Waals surface area contributed by atoms with Crippen LogP contribution >= 0.6 is 0 Å². The molecule has 0 aliphatic rings. The number of carbonyl (C=O) groups excluding carboxylic acids is 2. The summed E-state index contributed by atoms with van der Waals surface area (Å²) < 4.78 is 14.3. The molecule has 0 aliphatic heterocycles. The molecule has 2 rings (SSSR count). The first kappa shape index (κ1) is 21.3. The lowest BCUT2D eigenvalue weighted by Gasteiger charge is -2.18. The standard InChI is InChI=1S/C22H26FN3O2/c1-6-9-24-21(28)16-10-17(14(2)18(23)11-16)19-8-7-15(12-25-19)20(27)26-13-22(3,4)5/h6-8,10-12H,1,9,13H2,2-5H3,(H,24,28)(H,26,27). The minimum atomic E-state index is -0.491. The number of rotatable bonds is 6. The molecule has 2 amide bonds. The van der Waals surface area contributed by atoms with E-state index in [0.29, 0.717) is 35.5 Å². The van der Waals surface area contributed by atoms with Gasteiger partial charge >= 0.3 is 0 Å². The van der Waals surface area contributed by atoms with Gasteiger partial charge in [0.25, 0.3) is 11.8 Å². The lowest BCUT2D eigenvalue weighted by atomic mass is 9.97. The molecule has 6 heteroatoms. The normalized spacial score (nSPS) is 11.0. The van der Waals surface area contributed by atoms with Gasteiger partial charge in [-0.25, -0.2) is 4.39 Å². The van der Waals surface area contributed by atoms with Crippen LogP contribution in [0.4, 0.5) is 4.39 Å². The third-order valence-corrected chi connectivity index (χ3v) is 4.09. The number of nitrogens with one attached hydrogen (secondary N) is 2. The van der Waals surface area contributed by atoms with E-state index in [-0.39, 0.29) is 16.9 Å². The summed E-state index contributed by atoms with van der Waals surface area (Å²) in [4.78, 5) is 28.7. The second-order valence-corrected chi connectivity index (χ2v) is 7.80. The SMILES string of the molecule is C=CCNC(=O)c1cc(F)c(C)c(-c2ccc(C(=O)NCC(C)(C)C)cn2)c1. The zero-order valence-electron chi connectivity index (χ0n) is 16.7. The zero-order chi connectivity index (χ0) is 20.9. The monoisotopic (exact) mass is 383 g/mol. The first-order valence-electron chi connectivity index (χ1n) is 9.06. The quantitative estimate of drug-likeness (QED) is 0.744. The molecule has 2 aromatic rings. The Morgan fingerprint density at radius 2 is 1.82 bits per heavy atom. The van der Waals surface area contributed by atoms with E-state index in [4.69, 9.17) is 0 Å². The molecule has 0 aliphatic carbocycles. The van der Waals surface area contributed by atoms with Crippen LogP contribution in [0.25, 0.3) is 11.3 Å².